The third-order valence-electron chi connectivity index (χ3n) is 1.54. The second kappa shape index (κ2) is 4.45. The lowest BCUT2D eigenvalue weighted by Crippen LogP contribution is -1.95. The molecule has 13 heavy (non-hydrogen) atoms. The molecule has 0 amide bonds. The third-order valence-corrected chi connectivity index (χ3v) is 1.54. The van der Waals surface area contributed by atoms with Crippen molar-refractivity contribution in [3.05, 3.63) is 47.8 Å². The molecule has 0 saturated heterocycles. The maximum atomic E-state index is 11.1. The van der Waals surface area contributed by atoms with Gasteiger partial charge in [-0.15, -0.1) is 0 Å². The molecule has 1 aliphatic heterocycles. The third kappa shape index (κ3) is 2.44. The van der Waals surface area contributed by atoms with Gasteiger partial charge < -0.3 is 4.74 Å². The van der Waals surface area contributed by atoms with Crippen LogP contribution in [0.5, 0.6) is 0 Å². The summed E-state index contributed by atoms with van der Waals surface area (Å²) < 4.78 is 4.96. The second-order valence-electron chi connectivity index (χ2n) is 2.58. The highest BCUT2D eigenvalue weighted by atomic mass is 16.5. The van der Waals surface area contributed by atoms with E-state index in [0.29, 0.717) is 11.3 Å². The monoisotopic (exact) mass is 176 g/mol. The number of hydrogen-bond acceptors (Lipinski definition) is 2. The van der Waals surface area contributed by atoms with Crippen molar-refractivity contribution in [2.75, 3.05) is 0 Å². The molecular formula is C11H12O2. The van der Waals surface area contributed by atoms with E-state index < -0.39 is 0 Å². The SMILES string of the molecule is C/C=C/C=C1C=C(/C=C/C)C(=O)O/1. The standard InChI is InChI=1S/C11H12O2/c1-3-5-7-10-8-9(6-4-2)11(12)13-10/h3-8H,1-2H3/b5-3+,6-4+,10-7-. The van der Waals surface area contributed by atoms with Crippen molar-refractivity contribution in [2.24, 2.45) is 0 Å². The average Bonchev–Trinajstić information content (AvgIpc) is 2.45. The van der Waals surface area contributed by atoms with Gasteiger partial charge in [0, 0.05) is 0 Å². The lowest BCUT2D eigenvalue weighted by molar-refractivity contribution is -0.132. The van der Waals surface area contributed by atoms with Crippen molar-refractivity contribution < 1.29 is 9.53 Å². The smallest absolute Gasteiger partial charge is 0.343 e. The Balaban J connectivity index is 2.82. The summed E-state index contributed by atoms with van der Waals surface area (Å²) in [6, 6.07) is 0. The van der Waals surface area contributed by atoms with Crippen LogP contribution in [0.25, 0.3) is 0 Å². The summed E-state index contributed by atoms with van der Waals surface area (Å²) in [7, 11) is 0. The van der Waals surface area contributed by atoms with Crippen molar-refractivity contribution in [1.29, 1.82) is 0 Å². The van der Waals surface area contributed by atoms with Gasteiger partial charge in [-0.3, -0.25) is 0 Å². The van der Waals surface area contributed by atoms with Gasteiger partial charge in [-0.05, 0) is 26.0 Å². The first kappa shape index (κ1) is 9.52. The topological polar surface area (TPSA) is 26.3 Å². The Bertz CT molecular complexity index is 317. The normalized spacial score (nSPS) is 20.3. The number of rotatable bonds is 2. The number of esters is 1. The molecule has 0 saturated carbocycles. The van der Waals surface area contributed by atoms with Gasteiger partial charge >= 0.3 is 5.97 Å². The molecule has 1 aliphatic rings. The Morgan fingerprint density at radius 3 is 2.69 bits per heavy atom. The zero-order valence-electron chi connectivity index (χ0n) is 7.78. The minimum Gasteiger partial charge on any atom is -0.423 e. The van der Waals surface area contributed by atoms with Crippen LogP contribution < -0.4 is 0 Å². The fraction of sp³-hybridized carbons (Fsp3) is 0.182. The summed E-state index contributed by atoms with van der Waals surface area (Å²) in [6.07, 6.45) is 10.7. The predicted octanol–water partition coefficient (Wildman–Crippen LogP) is 2.51. The predicted molar refractivity (Wildman–Crippen MR) is 51.9 cm³/mol. The van der Waals surface area contributed by atoms with Crippen molar-refractivity contribution >= 4 is 5.97 Å². The molecule has 0 aliphatic carbocycles. The largest absolute Gasteiger partial charge is 0.423 e. The minimum atomic E-state index is -0.283. The number of ether oxygens (including phenoxy) is 1. The van der Waals surface area contributed by atoms with Crippen LogP contribution in [0.1, 0.15) is 13.8 Å². The number of allylic oxidation sites excluding steroid dienone is 5. The van der Waals surface area contributed by atoms with Crippen LogP contribution in [0.4, 0.5) is 0 Å². The molecule has 0 radical (unpaired) electrons. The molecule has 0 aromatic rings. The first-order valence-corrected chi connectivity index (χ1v) is 4.17. The Morgan fingerprint density at radius 1 is 1.31 bits per heavy atom. The average molecular weight is 176 g/mol. The Kier molecular flexibility index (Phi) is 3.26. The number of carbonyl (C=O) groups excluding carboxylic acids is 1. The van der Waals surface area contributed by atoms with Crippen LogP contribution in [-0.2, 0) is 9.53 Å². The van der Waals surface area contributed by atoms with E-state index in [1.165, 1.54) is 0 Å². The fourth-order valence-electron chi connectivity index (χ4n) is 0.977. The quantitative estimate of drug-likeness (QED) is 0.604. The zero-order valence-corrected chi connectivity index (χ0v) is 7.78. The molecule has 0 atom stereocenters. The molecule has 0 spiro atoms. The highest BCUT2D eigenvalue weighted by Crippen LogP contribution is 2.17. The van der Waals surface area contributed by atoms with E-state index in [-0.39, 0.29) is 5.97 Å². The zero-order chi connectivity index (χ0) is 9.68. The summed E-state index contributed by atoms with van der Waals surface area (Å²) in [5.74, 6) is 0.310. The van der Waals surface area contributed by atoms with E-state index in [9.17, 15) is 4.79 Å². The molecule has 0 N–H and O–H groups in total. The van der Waals surface area contributed by atoms with Gasteiger partial charge in [-0.2, -0.15) is 0 Å². The van der Waals surface area contributed by atoms with Crippen molar-refractivity contribution in [3.8, 4) is 0 Å². The van der Waals surface area contributed by atoms with E-state index in [1.807, 2.05) is 32.1 Å². The van der Waals surface area contributed by atoms with E-state index >= 15 is 0 Å². The first-order chi connectivity index (χ1) is 6.27. The maximum Gasteiger partial charge on any atom is 0.343 e. The van der Waals surface area contributed by atoms with E-state index in [4.69, 9.17) is 4.74 Å². The van der Waals surface area contributed by atoms with E-state index in [2.05, 4.69) is 0 Å². The molecule has 1 heterocycles. The van der Waals surface area contributed by atoms with Crippen LogP contribution in [0.3, 0.4) is 0 Å². The molecule has 2 heteroatoms. The molecule has 68 valence electrons. The van der Waals surface area contributed by atoms with Gasteiger partial charge in [0.2, 0.25) is 0 Å². The van der Waals surface area contributed by atoms with Crippen LogP contribution in [-0.4, -0.2) is 5.97 Å². The summed E-state index contributed by atoms with van der Waals surface area (Å²) in [5.41, 5.74) is 0.596. The summed E-state index contributed by atoms with van der Waals surface area (Å²) in [6.45, 7) is 3.77. The Hall–Kier alpha value is -1.57. The fourth-order valence-corrected chi connectivity index (χ4v) is 0.977. The molecule has 0 aromatic heterocycles. The molecule has 2 nitrogen and oxygen atoms in total. The van der Waals surface area contributed by atoms with Crippen LogP contribution >= 0.6 is 0 Å². The van der Waals surface area contributed by atoms with Gasteiger partial charge in [0.15, 0.2) is 0 Å². The van der Waals surface area contributed by atoms with Crippen LogP contribution in [0.15, 0.2) is 47.8 Å². The number of cyclic esters (lactones) is 1. The lowest BCUT2D eigenvalue weighted by Gasteiger charge is -1.91. The van der Waals surface area contributed by atoms with Gasteiger partial charge in [0.05, 0.1) is 5.57 Å². The van der Waals surface area contributed by atoms with Crippen molar-refractivity contribution in [1.82, 2.24) is 0 Å². The van der Waals surface area contributed by atoms with Gasteiger partial charge in [0.1, 0.15) is 5.76 Å². The molecule has 0 aromatic carbocycles. The van der Waals surface area contributed by atoms with Gasteiger partial charge in [-0.1, -0.05) is 24.3 Å². The summed E-state index contributed by atoms with van der Waals surface area (Å²) in [4.78, 5) is 11.1. The van der Waals surface area contributed by atoms with Crippen LogP contribution in [0, 0.1) is 0 Å². The van der Waals surface area contributed by atoms with Crippen molar-refractivity contribution in [2.45, 2.75) is 13.8 Å². The number of carbonyl (C=O) groups is 1. The summed E-state index contributed by atoms with van der Waals surface area (Å²) >= 11 is 0. The lowest BCUT2D eigenvalue weighted by atomic mass is 10.2. The highest BCUT2D eigenvalue weighted by molar-refractivity contribution is 5.95. The number of hydrogen-bond donors (Lipinski definition) is 0. The molecular weight excluding hydrogens is 164 g/mol. The van der Waals surface area contributed by atoms with Crippen molar-refractivity contribution in [3.63, 3.8) is 0 Å². The molecule has 0 bridgehead atoms. The Labute approximate surface area is 77.9 Å². The summed E-state index contributed by atoms with van der Waals surface area (Å²) in [5, 5.41) is 0. The van der Waals surface area contributed by atoms with Gasteiger partial charge in [0.25, 0.3) is 0 Å². The van der Waals surface area contributed by atoms with E-state index in [1.54, 1.807) is 18.2 Å². The minimum absolute atomic E-state index is 0.283. The van der Waals surface area contributed by atoms with Gasteiger partial charge in [-0.25, -0.2) is 4.79 Å². The molecule has 1 rings (SSSR count). The highest BCUT2D eigenvalue weighted by Gasteiger charge is 2.17. The van der Waals surface area contributed by atoms with E-state index in [0.717, 1.165) is 0 Å². The first-order valence-electron chi connectivity index (χ1n) is 4.17. The van der Waals surface area contributed by atoms with Crippen LogP contribution in [0.2, 0.25) is 0 Å². The Morgan fingerprint density at radius 2 is 2.08 bits per heavy atom. The molecule has 0 fully saturated rings. The maximum absolute atomic E-state index is 11.1. The second-order valence-corrected chi connectivity index (χ2v) is 2.58. The molecule has 0 unspecified atom stereocenters.